The number of likely N-dealkylation sites (tertiary alicyclic amines) is 1. The Kier molecular flexibility index (Phi) is 7.11. The molecule has 27 heavy (non-hydrogen) atoms. The molecule has 2 aromatic rings. The maximum Gasteiger partial charge on any atom is 0.191 e. The number of guanidine groups is 1. The molecule has 1 atom stereocenters. The summed E-state index contributed by atoms with van der Waals surface area (Å²) >= 11 is 1.64. The van der Waals surface area contributed by atoms with E-state index in [0.717, 1.165) is 48.7 Å². The molecular formula is C19H30N6OS. The van der Waals surface area contributed by atoms with Crippen molar-refractivity contribution in [1.29, 1.82) is 0 Å². The van der Waals surface area contributed by atoms with Gasteiger partial charge < -0.3 is 20.0 Å². The van der Waals surface area contributed by atoms with E-state index in [-0.39, 0.29) is 6.04 Å². The predicted molar refractivity (Wildman–Crippen MR) is 112 cm³/mol. The molecule has 3 heterocycles. The van der Waals surface area contributed by atoms with Gasteiger partial charge in [-0.05, 0) is 45.0 Å². The maximum absolute atomic E-state index is 5.70. The Bertz CT molecular complexity index is 706. The van der Waals surface area contributed by atoms with Crippen LogP contribution in [0, 0.1) is 0 Å². The van der Waals surface area contributed by atoms with Crippen molar-refractivity contribution in [3.05, 3.63) is 35.2 Å². The first-order chi connectivity index (χ1) is 13.2. The van der Waals surface area contributed by atoms with Gasteiger partial charge in [0.2, 0.25) is 0 Å². The highest BCUT2D eigenvalue weighted by atomic mass is 32.1. The van der Waals surface area contributed by atoms with Gasteiger partial charge in [-0.15, -0.1) is 11.3 Å². The van der Waals surface area contributed by atoms with Crippen molar-refractivity contribution in [2.24, 2.45) is 4.99 Å². The number of hydrogen-bond acceptors (Lipinski definition) is 6. The fraction of sp³-hybridized carbons (Fsp3) is 0.579. The van der Waals surface area contributed by atoms with Crippen LogP contribution in [0.3, 0.4) is 0 Å². The molecule has 7 nitrogen and oxygen atoms in total. The zero-order chi connectivity index (χ0) is 19.1. The first-order valence-corrected chi connectivity index (χ1v) is 10.5. The molecule has 2 aromatic heterocycles. The average molecular weight is 391 g/mol. The van der Waals surface area contributed by atoms with Gasteiger partial charge in [-0.2, -0.15) is 0 Å². The van der Waals surface area contributed by atoms with E-state index in [2.05, 4.69) is 38.9 Å². The van der Waals surface area contributed by atoms with Crippen LogP contribution < -0.4 is 15.5 Å². The van der Waals surface area contributed by atoms with Gasteiger partial charge in [0.05, 0.1) is 24.5 Å². The molecule has 1 saturated heterocycles. The monoisotopic (exact) mass is 390 g/mol. The van der Waals surface area contributed by atoms with Gasteiger partial charge in [-0.25, -0.2) is 9.98 Å². The summed E-state index contributed by atoms with van der Waals surface area (Å²) in [7, 11) is 4.01. The van der Waals surface area contributed by atoms with Crippen LogP contribution in [-0.2, 0) is 6.54 Å². The molecule has 1 fully saturated rings. The van der Waals surface area contributed by atoms with Gasteiger partial charge in [-0.3, -0.25) is 4.90 Å². The minimum Gasteiger partial charge on any atom is -0.468 e. The Morgan fingerprint density at radius 2 is 2.19 bits per heavy atom. The summed E-state index contributed by atoms with van der Waals surface area (Å²) < 4.78 is 5.70. The highest BCUT2D eigenvalue weighted by molar-refractivity contribution is 7.13. The van der Waals surface area contributed by atoms with Gasteiger partial charge in [0, 0.05) is 32.6 Å². The predicted octanol–water partition coefficient (Wildman–Crippen LogP) is 2.69. The molecular weight excluding hydrogens is 360 g/mol. The fourth-order valence-corrected chi connectivity index (χ4v) is 3.96. The van der Waals surface area contributed by atoms with Crippen molar-refractivity contribution in [2.75, 3.05) is 45.2 Å². The van der Waals surface area contributed by atoms with E-state index in [0.29, 0.717) is 6.54 Å². The molecule has 0 saturated carbocycles. The van der Waals surface area contributed by atoms with Gasteiger partial charge in [-0.1, -0.05) is 0 Å². The molecule has 148 valence electrons. The third kappa shape index (κ3) is 5.46. The van der Waals surface area contributed by atoms with Crippen LogP contribution >= 0.6 is 11.3 Å². The number of aliphatic imine (C=N–C) groups is 1. The number of nitrogens with one attached hydrogen (secondary N) is 2. The van der Waals surface area contributed by atoms with E-state index in [1.54, 1.807) is 17.6 Å². The summed E-state index contributed by atoms with van der Waals surface area (Å²) in [4.78, 5) is 13.8. The Morgan fingerprint density at radius 3 is 2.81 bits per heavy atom. The lowest BCUT2D eigenvalue weighted by molar-refractivity contribution is 0.215. The molecule has 0 aromatic carbocycles. The lowest BCUT2D eigenvalue weighted by Gasteiger charge is -2.26. The fourth-order valence-electron chi connectivity index (χ4n) is 3.21. The number of nitrogens with zero attached hydrogens (tertiary/aromatic N) is 4. The molecule has 0 radical (unpaired) electrons. The highest BCUT2D eigenvalue weighted by Crippen LogP contribution is 2.25. The largest absolute Gasteiger partial charge is 0.468 e. The van der Waals surface area contributed by atoms with Crippen LogP contribution in [0.4, 0.5) is 5.13 Å². The minimum absolute atomic E-state index is 0.228. The van der Waals surface area contributed by atoms with E-state index in [9.17, 15) is 0 Å². The third-order valence-electron chi connectivity index (χ3n) is 4.58. The van der Waals surface area contributed by atoms with Crippen molar-refractivity contribution in [3.8, 4) is 0 Å². The first-order valence-electron chi connectivity index (χ1n) is 9.58. The second kappa shape index (κ2) is 9.75. The number of anilines is 1. The molecule has 2 N–H and O–H groups in total. The maximum atomic E-state index is 5.70. The molecule has 0 spiro atoms. The van der Waals surface area contributed by atoms with Crippen molar-refractivity contribution < 1.29 is 4.42 Å². The number of thiazole rings is 1. The molecule has 1 aliphatic heterocycles. The number of aromatic nitrogens is 1. The Morgan fingerprint density at radius 1 is 1.37 bits per heavy atom. The molecule has 0 bridgehead atoms. The minimum atomic E-state index is 0.228. The van der Waals surface area contributed by atoms with E-state index >= 15 is 0 Å². The summed E-state index contributed by atoms with van der Waals surface area (Å²) in [6, 6.07) is 4.25. The van der Waals surface area contributed by atoms with Crippen molar-refractivity contribution in [3.63, 3.8) is 0 Å². The summed E-state index contributed by atoms with van der Waals surface area (Å²) in [6.07, 6.45) is 4.26. The molecule has 1 aliphatic rings. The first kappa shape index (κ1) is 19.7. The SMILES string of the molecule is CCNC(=NCc1csc(N(C)C)n1)NCC(c1ccco1)N1CCCC1. The number of rotatable bonds is 8. The van der Waals surface area contributed by atoms with Crippen molar-refractivity contribution in [1.82, 2.24) is 20.5 Å². The van der Waals surface area contributed by atoms with Crippen molar-refractivity contribution >= 4 is 22.4 Å². The second-order valence-electron chi connectivity index (χ2n) is 6.87. The topological polar surface area (TPSA) is 68.9 Å². The highest BCUT2D eigenvalue weighted by Gasteiger charge is 2.25. The number of furan rings is 1. The number of hydrogen-bond donors (Lipinski definition) is 2. The average Bonchev–Trinajstić information content (AvgIpc) is 3.42. The van der Waals surface area contributed by atoms with E-state index < -0.39 is 0 Å². The van der Waals surface area contributed by atoms with Gasteiger partial charge in [0.1, 0.15) is 5.76 Å². The van der Waals surface area contributed by atoms with E-state index in [4.69, 9.17) is 9.41 Å². The van der Waals surface area contributed by atoms with Crippen LogP contribution in [0.15, 0.2) is 33.2 Å². The molecule has 0 amide bonds. The standard InChI is InChI=1S/C19H30N6OS/c1-4-20-18(21-12-15-14-27-19(23-15)24(2)3)22-13-16(17-8-7-11-26-17)25-9-5-6-10-25/h7-8,11,14,16H,4-6,9-10,12-13H2,1-3H3,(H2,20,21,22). The zero-order valence-corrected chi connectivity index (χ0v) is 17.3. The molecule has 0 aliphatic carbocycles. The van der Waals surface area contributed by atoms with Crippen LogP contribution in [-0.4, -0.2) is 56.1 Å². The smallest absolute Gasteiger partial charge is 0.191 e. The van der Waals surface area contributed by atoms with Crippen LogP contribution in [0.25, 0.3) is 0 Å². The summed E-state index contributed by atoms with van der Waals surface area (Å²) in [5, 5.41) is 9.89. The lowest BCUT2D eigenvalue weighted by atomic mass is 10.2. The summed E-state index contributed by atoms with van der Waals surface area (Å²) in [5.74, 6) is 1.82. The summed E-state index contributed by atoms with van der Waals surface area (Å²) in [5.41, 5.74) is 0.989. The second-order valence-corrected chi connectivity index (χ2v) is 7.70. The van der Waals surface area contributed by atoms with Crippen LogP contribution in [0.2, 0.25) is 0 Å². The molecule has 3 rings (SSSR count). The normalized spacial score (nSPS) is 16.5. The van der Waals surface area contributed by atoms with E-state index in [1.807, 2.05) is 25.1 Å². The van der Waals surface area contributed by atoms with Gasteiger partial charge >= 0.3 is 0 Å². The molecule has 1 unspecified atom stereocenters. The quantitative estimate of drug-likeness (QED) is 0.534. The van der Waals surface area contributed by atoms with Crippen LogP contribution in [0.1, 0.15) is 37.3 Å². The van der Waals surface area contributed by atoms with Gasteiger partial charge in [0.15, 0.2) is 11.1 Å². The molecule has 8 heteroatoms. The Balaban J connectivity index is 1.63. The van der Waals surface area contributed by atoms with Crippen LogP contribution in [0.5, 0.6) is 0 Å². The Hall–Kier alpha value is -2.06. The zero-order valence-electron chi connectivity index (χ0n) is 16.4. The lowest BCUT2D eigenvalue weighted by Crippen LogP contribution is -2.42. The van der Waals surface area contributed by atoms with E-state index in [1.165, 1.54) is 12.8 Å². The summed E-state index contributed by atoms with van der Waals surface area (Å²) in [6.45, 7) is 6.46. The third-order valence-corrected chi connectivity index (χ3v) is 5.64. The Labute approximate surface area is 165 Å². The van der Waals surface area contributed by atoms with Crippen molar-refractivity contribution in [2.45, 2.75) is 32.4 Å². The van der Waals surface area contributed by atoms with Gasteiger partial charge in [0.25, 0.3) is 0 Å².